The summed E-state index contributed by atoms with van der Waals surface area (Å²) in [5.74, 6) is 0.346. The molecule has 0 bridgehead atoms. The second-order valence-corrected chi connectivity index (χ2v) is 8.90. The van der Waals surface area contributed by atoms with Gasteiger partial charge in [0, 0.05) is 18.2 Å². The molecule has 4 aromatic rings. The second kappa shape index (κ2) is 13.1. The average molecular weight is 532 g/mol. The van der Waals surface area contributed by atoms with Gasteiger partial charge in [0.2, 0.25) is 0 Å². The Bertz CT molecular complexity index is 1390. The molecule has 0 aliphatic heterocycles. The van der Waals surface area contributed by atoms with Crippen LogP contribution in [0.25, 0.3) is 16.4 Å². The van der Waals surface area contributed by atoms with E-state index < -0.39 is 10.0 Å². The first-order valence-electron chi connectivity index (χ1n) is 10.5. The summed E-state index contributed by atoms with van der Waals surface area (Å²) < 4.78 is 46.6. The molecule has 180 valence electrons. The van der Waals surface area contributed by atoms with Crippen molar-refractivity contribution in [1.82, 2.24) is 19.9 Å². The normalized spacial score (nSPS) is 10.7. The summed E-state index contributed by atoms with van der Waals surface area (Å²) in [7, 11) is -1.09. The van der Waals surface area contributed by atoms with Crippen molar-refractivity contribution >= 4 is 15.8 Å². The van der Waals surface area contributed by atoms with Gasteiger partial charge < -0.3 is 23.9 Å². The van der Waals surface area contributed by atoms with Crippen LogP contribution in [0.2, 0.25) is 0 Å². The number of benzene rings is 2. The first kappa shape index (κ1) is 28.0. The first-order chi connectivity index (χ1) is 17.0. The summed E-state index contributed by atoms with van der Waals surface area (Å²) in [4.78, 5) is 16.9. The third-order valence-corrected chi connectivity index (χ3v) is 5.95. The van der Waals surface area contributed by atoms with E-state index >= 15 is 0 Å². The molecule has 0 spiro atoms. The van der Waals surface area contributed by atoms with Gasteiger partial charge in [-0.1, -0.05) is 42.5 Å². The average Bonchev–Trinajstić information content (AvgIpc) is 2.89. The molecule has 0 aliphatic carbocycles. The number of aryl methyl sites for hydroxylation is 1. The minimum atomic E-state index is -3.96. The summed E-state index contributed by atoms with van der Waals surface area (Å²) in [6.07, 6.45) is 3.32. The molecular formula is C24H22KN5O5S. The molecule has 0 saturated heterocycles. The van der Waals surface area contributed by atoms with Gasteiger partial charge in [0.1, 0.15) is 5.82 Å². The van der Waals surface area contributed by atoms with Crippen LogP contribution in [0, 0.1) is 0 Å². The molecule has 2 heterocycles. The van der Waals surface area contributed by atoms with Gasteiger partial charge >= 0.3 is 51.4 Å². The topological polar surface area (TPSA) is 127 Å². The Morgan fingerprint density at radius 3 is 2.14 bits per heavy atom. The molecule has 0 N–H and O–H groups in total. The molecule has 0 radical (unpaired) electrons. The van der Waals surface area contributed by atoms with Crippen molar-refractivity contribution in [3.05, 3.63) is 83.3 Å². The SMILES string of the molecule is COc1ccccc1Oc1c([N-]S(=O)(=O)CCc2ccccc2)nc(-c2ncccn2)nc1OC.[K+]. The van der Waals surface area contributed by atoms with Crippen molar-refractivity contribution in [3.8, 4) is 34.8 Å². The van der Waals surface area contributed by atoms with Crippen LogP contribution in [0.3, 0.4) is 0 Å². The van der Waals surface area contributed by atoms with Gasteiger partial charge in [0.15, 0.2) is 33.1 Å². The van der Waals surface area contributed by atoms with Crippen molar-refractivity contribution in [2.24, 2.45) is 0 Å². The van der Waals surface area contributed by atoms with Crippen molar-refractivity contribution < 1.29 is 74.0 Å². The number of hydrogen-bond acceptors (Lipinski definition) is 9. The number of sulfonamides is 1. The number of methoxy groups -OCH3 is 2. The van der Waals surface area contributed by atoms with Crippen molar-refractivity contribution in [2.75, 3.05) is 20.0 Å². The van der Waals surface area contributed by atoms with E-state index in [1.165, 1.54) is 26.6 Å². The third-order valence-electron chi connectivity index (χ3n) is 4.77. The Labute approximate surface area is 252 Å². The molecule has 4 rings (SSSR count). The Morgan fingerprint density at radius 2 is 1.47 bits per heavy atom. The maximum Gasteiger partial charge on any atom is 1.00 e. The molecular weight excluding hydrogens is 509 g/mol. The molecule has 0 unspecified atom stereocenters. The maximum absolute atomic E-state index is 13.0. The number of aromatic nitrogens is 4. The van der Waals surface area contributed by atoms with Gasteiger partial charge in [0.05, 0.1) is 20.0 Å². The van der Waals surface area contributed by atoms with E-state index in [2.05, 4.69) is 24.7 Å². The first-order valence-corrected chi connectivity index (χ1v) is 12.1. The Morgan fingerprint density at radius 1 is 0.806 bits per heavy atom. The maximum atomic E-state index is 13.0. The molecule has 10 nitrogen and oxygen atoms in total. The van der Waals surface area contributed by atoms with E-state index in [9.17, 15) is 8.42 Å². The van der Waals surface area contributed by atoms with E-state index in [0.29, 0.717) is 11.5 Å². The molecule has 0 saturated carbocycles. The van der Waals surface area contributed by atoms with E-state index in [4.69, 9.17) is 14.2 Å². The van der Waals surface area contributed by atoms with E-state index in [0.717, 1.165) is 5.56 Å². The summed E-state index contributed by atoms with van der Waals surface area (Å²) in [6.45, 7) is 0. The van der Waals surface area contributed by atoms with Gasteiger partial charge in [0.25, 0.3) is 5.88 Å². The molecule has 12 heteroatoms. The predicted molar refractivity (Wildman–Crippen MR) is 130 cm³/mol. The molecule has 2 aromatic carbocycles. The minimum Gasteiger partial charge on any atom is -0.493 e. The van der Waals surface area contributed by atoms with Crippen molar-refractivity contribution in [3.63, 3.8) is 0 Å². The third kappa shape index (κ3) is 7.21. The fourth-order valence-corrected chi connectivity index (χ4v) is 4.08. The number of para-hydroxylation sites is 2. The molecule has 0 fully saturated rings. The Kier molecular flexibility index (Phi) is 10.2. The second-order valence-electron chi connectivity index (χ2n) is 7.15. The van der Waals surface area contributed by atoms with Crippen LogP contribution in [0.4, 0.5) is 5.82 Å². The van der Waals surface area contributed by atoms with Gasteiger partial charge in [-0.2, -0.15) is 0 Å². The van der Waals surface area contributed by atoms with Crippen molar-refractivity contribution in [2.45, 2.75) is 6.42 Å². The monoisotopic (exact) mass is 531 g/mol. The minimum absolute atomic E-state index is 0. The smallest absolute Gasteiger partial charge is 0.493 e. The van der Waals surface area contributed by atoms with Crippen molar-refractivity contribution in [1.29, 1.82) is 0 Å². The molecule has 2 aromatic heterocycles. The Hall–Kier alpha value is -2.61. The molecule has 36 heavy (non-hydrogen) atoms. The van der Waals surface area contributed by atoms with Crippen LogP contribution in [0.1, 0.15) is 5.56 Å². The summed E-state index contributed by atoms with van der Waals surface area (Å²) in [6, 6.07) is 17.8. The van der Waals surface area contributed by atoms with Gasteiger partial charge in [-0.05, 0) is 30.2 Å². The predicted octanol–water partition coefficient (Wildman–Crippen LogP) is 1.32. The van der Waals surface area contributed by atoms with Crippen LogP contribution < -0.4 is 65.6 Å². The quantitative estimate of drug-likeness (QED) is 0.278. The fourth-order valence-electron chi connectivity index (χ4n) is 3.10. The summed E-state index contributed by atoms with van der Waals surface area (Å²) in [5.41, 5.74) is 0.871. The largest absolute Gasteiger partial charge is 1.00 e. The van der Waals surface area contributed by atoms with Gasteiger partial charge in [-0.3, -0.25) is 0 Å². The van der Waals surface area contributed by atoms with Crippen LogP contribution in [-0.2, 0) is 16.4 Å². The zero-order valence-corrected chi connectivity index (χ0v) is 24.0. The van der Waals surface area contributed by atoms with Crippen LogP contribution in [0.5, 0.6) is 23.1 Å². The van der Waals surface area contributed by atoms with E-state index in [1.54, 1.807) is 30.3 Å². The molecule has 0 aliphatic rings. The summed E-state index contributed by atoms with van der Waals surface area (Å²) >= 11 is 0. The molecule has 0 atom stereocenters. The zero-order valence-electron chi connectivity index (χ0n) is 20.0. The van der Waals surface area contributed by atoms with Crippen LogP contribution >= 0.6 is 0 Å². The summed E-state index contributed by atoms with van der Waals surface area (Å²) in [5, 5.41) is 0. The van der Waals surface area contributed by atoms with E-state index in [1.807, 2.05) is 30.3 Å². The van der Waals surface area contributed by atoms with Crippen LogP contribution in [-0.4, -0.2) is 48.3 Å². The zero-order chi connectivity index (χ0) is 24.7. The van der Waals surface area contributed by atoms with Gasteiger partial charge in [-0.15, -0.1) is 0 Å². The fraction of sp³-hybridized carbons (Fsp3) is 0.167. The number of hydrogen-bond donors (Lipinski definition) is 0. The number of nitrogens with zero attached hydrogens (tertiary/aromatic N) is 5. The number of rotatable bonds is 10. The number of ether oxygens (including phenoxy) is 3. The Balaban J connectivity index is 0.00000361. The van der Waals surface area contributed by atoms with Crippen LogP contribution in [0.15, 0.2) is 73.1 Å². The molecule has 0 amide bonds. The standard InChI is InChI=1S/C24H22N5O5S.K/c1-32-18-11-6-7-12-19(18)34-20-21(29-35(30,31)16-13-17-9-4-3-5-10-17)27-23(28-24(20)33-2)22-25-14-8-15-26-22;/h3-12,14-15H,13,16H2,1-2H3;/q-1;+1. The van der Waals surface area contributed by atoms with Gasteiger partial charge in [-0.25, -0.2) is 23.4 Å². The van der Waals surface area contributed by atoms with E-state index in [-0.39, 0.29) is 92.7 Å².